The van der Waals surface area contributed by atoms with Crippen LogP contribution in [0.25, 0.3) is 22.5 Å². The van der Waals surface area contributed by atoms with E-state index in [4.69, 9.17) is 16.0 Å². The molecule has 0 unspecified atom stereocenters. The average Bonchev–Trinajstić information content (AvgIpc) is 2.57. The highest BCUT2D eigenvalue weighted by Gasteiger charge is 2.17. The Bertz CT molecular complexity index is 1040. The minimum atomic E-state index is -3.29. The first kappa shape index (κ1) is 16.5. The molecular weight excluding hydrogens is 348 g/mol. The zero-order valence-electron chi connectivity index (χ0n) is 12.7. The van der Waals surface area contributed by atoms with E-state index in [0.717, 1.165) is 6.26 Å². The van der Waals surface area contributed by atoms with Gasteiger partial charge in [0.05, 0.1) is 10.5 Å². The molecule has 3 aromatic rings. The molecule has 0 bridgehead atoms. The van der Waals surface area contributed by atoms with Crippen molar-refractivity contribution >= 4 is 21.4 Å². The van der Waals surface area contributed by atoms with Crippen LogP contribution in [-0.4, -0.2) is 14.7 Å². The van der Waals surface area contributed by atoms with Crippen LogP contribution in [0.15, 0.2) is 75.0 Å². The monoisotopic (exact) mass is 360 g/mol. The van der Waals surface area contributed by atoms with Gasteiger partial charge < -0.3 is 4.42 Å². The van der Waals surface area contributed by atoms with Gasteiger partial charge in [-0.25, -0.2) is 8.42 Å². The van der Waals surface area contributed by atoms with Gasteiger partial charge >= 0.3 is 0 Å². The summed E-state index contributed by atoms with van der Waals surface area (Å²) in [7, 11) is -3.29. The molecule has 2 aromatic carbocycles. The first-order chi connectivity index (χ1) is 11.4. The topological polar surface area (TPSA) is 64.3 Å². The van der Waals surface area contributed by atoms with Crippen LogP contribution in [0.1, 0.15) is 0 Å². The van der Waals surface area contributed by atoms with E-state index >= 15 is 0 Å². The van der Waals surface area contributed by atoms with Gasteiger partial charge in [-0.1, -0.05) is 41.9 Å². The molecule has 0 fully saturated rings. The minimum Gasteiger partial charge on any atom is -0.462 e. The lowest BCUT2D eigenvalue weighted by Gasteiger charge is -2.09. The molecule has 0 saturated heterocycles. The SMILES string of the molecule is CS(=O)(=O)c1ccc(-c2occ(Cl)c(=O)c2-c2ccccc2)cc1. The van der Waals surface area contributed by atoms with Gasteiger partial charge in [0.1, 0.15) is 17.0 Å². The van der Waals surface area contributed by atoms with Crippen molar-refractivity contribution < 1.29 is 12.8 Å². The van der Waals surface area contributed by atoms with Crippen molar-refractivity contribution in [2.45, 2.75) is 4.90 Å². The van der Waals surface area contributed by atoms with Gasteiger partial charge in [0, 0.05) is 11.8 Å². The van der Waals surface area contributed by atoms with Crippen LogP contribution in [0.2, 0.25) is 5.02 Å². The van der Waals surface area contributed by atoms with Crippen LogP contribution in [0.3, 0.4) is 0 Å². The maximum absolute atomic E-state index is 12.5. The Hall–Kier alpha value is -2.37. The van der Waals surface area contributed by atoms with Crippen LogP contribution in [0.4, 0.5) is 0 Å². The van der Waals surface area contributed by atoms with E-state index in [1.165, 1.54) is 18.4 Å². The maximum Gasteiger partial charge on any atom is 0.211 e. The third-order valence-corrected chi connectivity index (χ3v) is 4.95. The van der Waals surface area contributed by atoms with E-state index in [-0.39, 0.29) is 15.3 Å². The van der Waals surface area contributed by atoms with Gasteiger partial charge in [0.2, 0.25) is 5.43 Å². The normalized spacial score (nSPS) is 11.4. The molecule has 0 aliphatic rings. The Kier molecular flexibility index (Phi) is 4.30. The average molecular weight is 361 g/mol. The number of benzene rings is 2. The molecule has 122 valence electrons. The quantitative estimate of drug-likeness (QED) is 0.707. The molecule has 0 radical (unpaired) electrons. The summed E-state index contributed by atoms with van der Waals surface area (Å²) >= 11 is 5.92. The first-order valence-electron chi connectivity index (χ1n) is 7.05. The largest absolute Gasteiger partial charge is 0.462 e. The molecule has 3 rings (SSSR count). The van der Waals surface area contributed by atoms with E-state index in [9.17, 15) is 13.2 Å². The summed E-state index contributed by atoms with van der Waals surface area (Å²) in [6, 6.07) is 15.2. The van der Waals surface area contributed by atoms with Crippen molar-refractivity contribution in [3.05, 3.63) is 76.1 Å². The lowest BCUT2D eigenvalue weighted by atomic mass is 10.0. The number of sulfone groups is 1. The second-order valence-electron chi connectivity index (χ2n) is 5.28. The molecule has 24 heavy (non-hydrogen) atoms. The summed E-state index contributed by atoms with van der Waals surface area (Å²) < 4.78 is 28.7. The fourth-order valence-corrected chi connectivity index (χ4v) is 3.15. The Balaban J connectivity index is 2.23. The molecule has 0 spiro atoms. The van der Waals surface area contributed by atoms with Crippen LogP contribution in [0.5, 0.6) is 0 Å². The number of halogens is 1. The summed E-state index contributed by atoms with van der Waals surface area (Å²) in [6.07, 6.45) is 2.33. The molecule has 0 atom stereocenters. The van der Waals surface area contributed by atoms with Crippen LogP contribution in [0, 0.1) is 0 Å². The third-order valence-electron chi connectivity index (χ3n) is 3.56. The molecule has 6 heteroatoms. The summed E-state index contributed by atoms with van der Waals surface area (Å²) in [5.74, 6) is 0.343. The van der Waals surface area contributed by atoms with Crippen LogP contribution in [-0.2, 0) is 9.84 Å². The number of hydrogen-bond donors (Lipinski definition) is 0. The van der Waals surface area contributed by atoms with E-state index in [0.29, 0.717) is 22.5 Å². The molecule has 4 nitrogen and oxygen atoms in total. The molecule has 1 aromatic heterocycles. The summed E-state index contributed by atoms with van der Waals surface area (Å²) in [6.45, 7) is 0. The van der Waals surface area contributed by atoms with E-state index in [1.807, 2.05) is 18.2 Å². The molecular formula is C18H13ClO4S. The Labute approximate surface area is 144 Å². The summed E-state index contributed by atoms with van der Waals surface area (Å²) in [5.41, 5.74) is 1.28. The fourth-order valence-electron chi connectivity index (χ4n) is 2.38. The molecule has 0 aliphatic heterocycles. The zero-order valence-corrected chi connectivity index (χ0v) is 14.3. The summed E-state index contributed by atoms with van der Waals surface area (Å²) in [4.78, 5) is 12.7. The van der Waals surface area contributed by atoms with Gasteiger partial charge in [0.15, 0.2) is 9.84 Å². The van der Waals surface area contributed by atoms with Crippen LogP contribution < -0.4 is 5.43 Å². The molecule has 1 heterocycles. The number of rotatable bonds is 3. The van der Waals surface area contributed by atoms with Crippen molar-refractivity contribution in [2.75, 3.05) is 6.26 Å². The van der Waals surface area contributed by atoms with Gasteiger partial charge in [0.25, 0.3) is 0 Å². The van der Waals surface area contributed by atoms with E-state index < -0.39 is 9.84 Å². The predicted octanol–water partition coefficient (Wildman–Crippen LogP) is 4.03. The highest BCUT2D eigenvalue weighted by Crippen LogP contribution is 2.31. The van der Waals surface area contributed by atoms with Gasteiger partial charge in [-0.05, 0) is 29.8 Å². The molecule has 0 aliphatic carbocycles. The van der Waals surface area contributed by atoms with Gasteiger partial charge in [-0.2, -0.15) is 0 Å². The predicted molar refractivity (Wildman–Crippen MR) is 94.0 cm³/mol. The van der Waals surface area contributed by atoms with E-state index in [1.54, 1.807) is 24.3 Å². The Morgan fingerprint density at radius 1 is 0.917 bits per heavy atom. The van der Waals surface area contributed by atoms with Crippen molar-refractivity contribution in [3.8, 4) is 22.5 Å². The van der Waals surface area contributed by atoms with Crippen LogP contribution >= 0.6 is 11.6 Å². The second-order valence-corrected chi connectivity index (χ2v) is 7.70. The standard InChI is InChI=1S/C18H13ClO4S/c1-24(21,22)14-9-7-13(8-10-14)18-16(12-5-3-2-4-6-12)17(20)15(19)11-23-18/h2-11H,1H3. The maximum atomic E-state index is 12.5. The highest BCUT2D eigenvalue weighted by molar-refractivity contribution is 7.90. The van der Waals surface area contributed by atoms with Gasteiger partial charge in [-0.15, -0.1) is 0 Å². The lowest BCUT2D eigenvalue weighted by molar-refractivity contribution is 0.566. The Morgan fingerprint density at radius 3 is 2.12 bits per heavy atom. The van der Waals surface area contributed by atoms with E-state index in [2.05, 4.69) is 0 Å². The van der Waals surface area contributed by atoms with Crippen molar-refractivity contribution in [3.63, 3.8) is 0 Å². The minimum absolute atomic E-state index is 0.00893. The highest BCUT2D eigenvalue weighted by atomic mass is 35.5. The number of hydrogen-bond acceptors (Lipinski definition) is 4. The third kappa shape index (κ3) is 3.13. The fraction of sp³-hybridized carbons (Fsp3) is 0.0556. The van der Waals surface area contributed by atoms with Crippen molar-refractivity contribution in [1.82, 2.24) is 0 Å². The smallest absolute Gasteiger partial charge is 0.211 e. The molecule has 0 N–H and O–H groups in total. The zero-order chi connectivity index (χ0) is 17.3. The Morgan fingerprint density at radius 2 is 1.54 bits per heavy atom. The second kappa shape index (κ2) is 6.26. The van der Waals surface area contributed by atoms with Gasteiger partial charge in [-0.3, -0.25) is 4.79 Å². The van der Waals surface area contributed by atoms with Crippen molar-refractivity contribution in [2.24, 2.45) is 0 Å². The molecule has 0 saturated carbocycles. The summed E-state index contributed by atoms with van der Waals surface area (Å²) in [5, 5.41) is -0.00893. The lowest BCUT2D eigenvalue weighted by Crippen LogP contribution is -2.07. The molecule has 0 amide bonds. The van der Waals surface area contributed by atoms with Crippen molar-refractivity contribution in [1.29, 1.82) is 0 Å². The first-order valence-corrected chi connectivity index (χ1v) is 9.32.